The van der Waals surface area contributed by atoms with Crippen molar-refractivity contribution in [3.05, 3.63) is 29.7 Å². The van der Waals surface area contributed by atoms with Crippen LogP contribution in [-0.4, -0.2) is 19.7 Å². The number of nitrogens with two attached hydrogens (primary N) is 1. The van der Waals surface area contributed by atoms with Crippen molar-refractivity contribution in [2.45, 2.75) is 17.8 Å². The molecule has 0 fully saturated rings. The Labute approximate surface area is 104 Å². The molecule has 0 aliphatic heterocycles. The van der Waals surface area contributed by atoms with E-state index in [2.05, 4.69) is 20.6 Å². The number of rotatable bonds is 4. The number of aryl methyl sites for hydroxylation is 1. The van der Waals surface area contributed by atoms with Crippen molar-refractivity contribution >= 4 is 17.6 Å². The molecule has 0 aliphatic rings. The molecule has 0 saturated heterocycles. The second kappa shape index (κ2) is 5.15. The van der Waals surface area contributed by atoms with E-state index in [1.165, 1.54) is 0 Å². The van der Waals surface area contributed by atoms with E-state index in [1.807, 2.05) is 30.7 Å². The minimum atomic E-state index is 0.664. The summed E-state index contributed by atoms with van der Waals surface area (Å²) in [4.78, 5) is 4.06. The molecule has 0 aliphatic carbocycles. The molecule has 3 N–H and O–H groups in total. The Balaban J connectivity index is 2.04. The molecule has 0 aromatic carbocycles. The topological polar surface area (TPSA) is 81.7 Å². The summed E-state index contributed by atoms with van der Waals surface area (Å²) in [6.45, 7) is 1.93. The number of nitrogens with zero attached hydrogens (tertiary/aromatic N) is 4. The summed E-state index contributed by atoms with van der Waals surface area (Å²) in [7, 11) is 1.96. The number of pyridine rings is 1. The summed E-state index contributed by atoms with van der Waals surface area (Å²) >= 11 is 1.63. The van der Waals surface area contributed by atoms with Gasteiger partial charge in [0.1, 0.15) is 11.6 Å². The van der Waals surface area contributed by atoms with Crippen LogP contribution in [-0.2, 0) is 12.8 Å². The Morgan fingerprint density at radius 2 is 2.29 bits per heavy atom. The Hall–Kier alpha value is -1.60. The van der Waals surface area contributed by atoms with Gasteiger partial charge in [-0.1, -0.05) is 11.8 Å². The molecule has 0 saturated carbocycles. The minimum Gasteiger partial charge on any atom is -0.309 e. The second-order valence-corrected chi connectivity index (χ2v) is 4.51. The number of hydrazine groups is 1. The highest BCUT2D eigenvalue weighted by molar-refractivity contribution is 7.98. The fourth-order valence-electron chi connectivity index (χ4n) is 1.30. The van der Waals surface area contributed by atoms with E-state index in [9.17, 15) is 0 Å². The lowest BCUT2D eigenvalue weighted by Gasteiger charge is -2.03. The van der Waals surface area contributed by atoms with Gasteiger partial charge in [0.15, 0.2) is 5.16 Å². The number of hydrogen-bond donors (Lipinski definition) is 2. The molecule has 17 heavy (non-hydrogen) atoms. The zero-order valence-corrected chi connectivity index (χ0v) is 10.5. The molecule has 90 valence electrons. The largest absolute Gasteiger partial charge is 0.309 e. The normalized spacial score (nSPS) is 10.5. The van der Waals surface area contributed by atoms with E-state index in [0.29, 0.717) is 5.82 Å². The summed E-state index contributed by atoms with van der Waals surface area (Å²) in [6, 6.07) is 3.87. The molecular formula is C10H14N6S. The maximum absolute atomic E-state index is 5.31. The van der Waals surface area contributed by atoms with Crippen LogP contribution in [0.3, 0.4) is 0 Å². The van der Waals surface area contributed by atoms with Crippen molar-refractivity contribution in [3.8, 4) is 0 Å². The average molecular weight is 250 g/mol. The van der Waals surface area contributed by atoms with Crippen molar-refractivity contribution in [1.82, 2.24) is 19.7 Å². The fourth-order valence-corrected chi connectivity index (χ4v) is 2.20. The van der Waals surface area contributed by atoms with Gasteiger partial charge in [0.2, 0.25) is 0 Å². The van der Waals surface area contributed by atoms with Gasteiger partial charge in [-0.05, 0) is 24.6 Å². The molecule has 0 unspecified atom stereocenters. The molecule has 7 heteroatoms. The maximum atomic E-state index is 5.31. The highest BCUT2D eigenvalue weighted by atomic mass is 32.2. The van der Waals surface area contributed by atoms with Gasteiger partial charge in [-0.2, -0.15) is 0 Å². The lowest BCUT2D eigenvalue weighted by molar-refractivity contribution is 0.765. The number of nitrogens with one attached hydrogen (secondary N) is 1. The van der Waals surface area contributed by atoms with Crippen LogP contribution in [0, 0.1) is 6.92 Å². The first-order valence-corrected chi connectivity index (χ1v) is 6.09. The lowest BCUT2D eigenvalue weighted by atomic mass is 10.3. The average Bonchev–Trinajstić information content (AvgIpc) is 2.68. The zero-order chi connectivity index (χ0) is 12.3. The van der Waals surface area contributed by atoms with E-state index in [-0.39, 0.29) is 0 Å². The molecule has 2 aromatic heterocycles. The summed E-state index contributed by atoms with van der Waals surface area (Å²) in [5.74, 6) is 7.69. The number of aromatic nitrogens is 4. The molecule has 2 heterocycles. The third kappa shape index (κ3) is 2.75. The van der Waals surface area contributed by atoms with Crippen LogP contribution >= 0.6 is 11.8 Å². The Bertz CT molecular complexity index is 509. The molecule has 0 amide bonds. The van der Waals surface area contributed by atoms with E-state index >= 15 is 0 Å². The highest BCUT2D eigenvalue weighted by Crippen LogP contribution is 2.21. The Morgan fingerprint density at radius 3 is 2.94 bits per heavy atom. The minimum absolute atomic E-state index is 0.664. The first-order valence-electron chi connectivity index (χ1n) is 5.11. The van der Waals surface area contributed by atoms with E-state index in [0.717, 1.165) is 22.3 Å². The molecule has 2 aromatic rings. The molecule has 0 bridgehead atoms. The summed E-state index contributed by atoms with van der Waals surface area (Å²) < 4.78 is 1.97. The van der Waals surface area contributed by atoms with Crippen LogP contribution in [0.2, 0.25) is 0 Å². The van der Waals surface area contributed by atoms with Crippen molar-refractivity contribution in [1.29, 1.82) is 0 Å². The summed E-state index contributed by atoms with van der Waals surface area (Å²) in [6.07, 6.45) is 1.73. The zero-order valence-electron chi connectivity index (χ0n) is 9.71. The predicted molar refractivity (Wildman–Crippen MR) is 67.3 cm³/mol. The Morgan fingerprint density at radius 1 is 1.47 bits per heavy atom. The van der Waals surface area contributed by atoms with Gasteiger partial charge in [-0.15, -0.1) is 10.2 Å². The molecule has 0 radical (unpaired) electrons. The summed E-state index contributed by atoms with van der Waals surface area (Å²) in [5, 5.41) is 9.01. The van der Waals surface area contributed by atoms with Gasteiger partial charge in [-0.3, -0.25) is 0 Å². The van der Waals surface area contributed by atoms with Crippen LogP contribution in [0.4, 0.5) is 5.82 Å². The van der Waals surface area contributed by atoms with E-state index in [4.69, 9.17) is 5.84 Å². The van der Waals surface area contributed by atoms with E-state index in [1.54, 1.807) is 18.0 Å². The molecule has 0 spiro atoms. The van der Waals surface area contributed by atoms with Crippen molar-refractivity contribution in [2.24, 2.45) is 12.9 Å². The smallest absolute Gasteiger partial charge is 0.191 e. The quantitative estimate of drug-likeness (QED) is 0.480. The van der Waals surface area contributed by atoms with Crippen LogP contribution < -0.4 is 11.3 Å². The van der Waals surface area contributed by atoms with Crippen molar-refractivity contribution in [2.75, 3.05) is 5.43 Å². The maximum Gasteiger partial charge on any atom is 0.191 e. The monoisotopic (exact) mass is 250 g/mol. The van der Waals surface area contributed by atoms with Crippen LogP contribution in [0.15, 0.2) is 23.5 Å². The van der Waals surface area contributed by atoms with Crippen LogP contribution in [0.5, 0.6) is 0 Å². The van der Waals surface area contributed by atoms with Gasteiger partial charge in [0.25, 0.3) is 0 Å². The molecule has 2 rings (SSSR count). The number of nitrogen functional groups attached to an aromatic ring is 1. The lowest BCUT2D eigenvalue weighted by Crippen LogP contribution is -2.08. The van der Waals surface area contributed by atoms with Gasteiger partial charge in [0, 0.05) is 19.0 Å². The summed E-state index contributed by atoms with van der Waals surface area (Å²) in [5.41, 5.74) is 3.67. The fraction of sp³-hybridized carbons (Fsp3) is 0.300. The van der Waals surface area contributed by atoms with Crippen LogP contribution in [0.1, 0.15) is 11.4 Å². The second-order valence-electron chi connectivity index (χ2n) is 3.57. The standard InChI is InChI=1S/C10H14N6S/c1-7-14-15-10(16(7)2)17-6-8-3-4-12-9(5-8)13-11/h3-5H,6,11H2,1-2H3,(H,12,13). The molecule has 0 atom stereocenters. The third-order valence-corrected chi connectivity index (χ3v) is 3.48. The predicted octanol–water partition coefficient (Wildman–Crippen LogP) is 1.10. The van der Waals surface area contributed by atoms with Gasteiger partial charge >= 0.3 is 0 Å². The number of hydrogen-bond acceptors (Lipinski definition) is 6. The van der Waals surface area contributed by atoms with Gasteiger partial charge in [0.05, 0.1) is 0 Å². The number of thioether (sulfide) groups is 1. The molecular weight excluding hydrogens is 236 g/mol. The first kappa shape index (κ1) is 11.9. The van der Waals surface area contributed by atoms with Gasteiger partial charge in [-0.25, -0.2) is 10.8 Å². The highest BCUT2D eigenvalue weighted by Gasteiger charge is 2.05. The van der Waals surface area contributed by atoms with Crippen LogP contribution in [0.25, 0.3) is 0 Å². The number of anilines is 1. The van der Waals surface area contributed by atoms with Gasteiger partial charge < -0.3 is 9.99 Å². The SMILES string of the molecule is Cc1nnc(SCc2ccnc(NN)c2)n1C. The first-order chi connectivity index (χ1) is 8.20. The third-order valence-electron chi connectivity index (χ3n) is 2.39. The van der Waals surface area contributed by atoms with E-state index < -0.39 is 0 Å². The molecule has 6 nitrogen and oxygen atoms in total. The Kier molecular flexibility index (Phi) is 3.60. The van der Waals surface area contributed by atoms with Crippen molar-refractivity contribution < 1.29 is 0 Å². The van der Waals surface area contributed by atoms with Crippen molar-refractivity contribution in [3.63, 3.8) is 0 Å².